The number of fused-ring (bicyclic) bond motifs is 3. The molecule has 2 heterocycles. The lowest BCUT2D eigenvalue weighted by molar-refractivity contribution is -0.0403. The van der Waals surface area contributed by atoms with E-state index in [2.05, 4.69) is 30.9 Å². The predicted octanol–water partition coefficient (Wildman–Crippen LogP) is 6.93. The van der Waals surface area contributed by atoms with Crippen LogP contribution in [-0.4, -0.2) is 48.5 Å². The number of ether oxygens (including phenoxy) is 1. The molecule has 1 aromatic rings. The molecule has 0 spiro atoms. The second kappa shape index (κ2) is 12.7. The average molecular weight is 454 g/mol. The molecule has 0 N–H and O–H groups in total. The Kier molecular flexibility index (Phi) is 10.3. The minimum absolute atomic E-state index is 0.392. The highest BCUT2D eigenvalue weighted by Gasteiger charge is 2.38. The molecule has 0 aliphatic carbocycles. The van der Waals surface area contributed by atoms with E-state index in [9.17, 15) is 3.89 Å². The molecular formula is C25H40FNOS2. The third kappa shape index (κ3) is 6.63. The van der Waals surface area contributed by atoms with Gasteiger partial charge in [0.15, 0.2) is 0 Å². The first-order chi connectivity index (χ1) is 14.6. The number of rotatable bonds is 12. The van der Waals surface area contributed by atoms with Crippen molar-refractivity contribution in [3.8, 4) is 0 Å². The highest BCUT2D eigenvalue weighted by atomic mass is 32.2. The van der Waals surface area contributed by atoms with Gasteiger partial charge in [-0.1, -0.05) is 37.8 Å². The largest absolute Gasteiger partial charge is 0.381 e. The lowest BCUT2D eigenvalue weighted by Gasteiger charge is -2.47. The van der Waals surface area contributed by atoms with Crippen LogP contribution in [0.3, 0.4) is 0 Å². The number of unbranched alkanes of at least 4 members (excludes halogenated alkanes) is 4. The van der Waals surface area contributed by atoms with Gasteiger partial charge in [-0.05, 0) is 73.5 Å². The number of methoxy groups -OCH3 is 1. The molecule has 170 valence electrons. The summed E-state index contributed by atoms with van der Waals surface area (Å²) in [6, 6.07) is 5.42. The quantitative estimate of drug-likeness (QED) is 0.318. The molecule has 5 heteroatoms. The molecule has 2 aliphatic rings. The van der Waals surface area contributed by atoms with Gasteiger partial charge in [-0.2, -0.15) is 15.6 Å². The zero-order chi connectivity index (χ0) is 21.3. The lowest BCUT2D eigenvalue weighted by atomic mass is 9.79. The first-order valence-electron chi connectivity index (χ1n) is 11.8. The number of thioether (sulfide) groups is 1. The Hall–Kier alpha value is -0.230. The molecule has 3 rings (SSSR count). The number of halogens is 1. The van der Waals surface area contributed by atoms with Crippen LogP contribution >= 0.6 is 23.9 Å². The Labute approximate surface area is 192 Å². The molecule has 0 unspecified atom stereocenters. The zero-order valence-electron chi connectivity index (χ0n) is 19.1. The van der Waals surface area contributed by atoms with E-state index in [0.29, 0.717) is 36.0 Å². The van der Waals surface area contributed by atoms with Gasteiger partial charge >= 0.3 is 0 Å². The topological polar surface area (TPSA) is 12.5 Å². The third-order valence-corrected chi connectivity index (χ3v) is 8.83. The number of piperidine rings is 1. The van der Waals surface area contributed by atoms with Gasteiger partial charge in [-0.15, -0.1) is 0 Å². The zero-order valence-corrected chi connectivity index (χ0v) is 20.8. The van der Waals surface area contributed by atoms with E-state index in [1.807, 2.05) is 18.9 Å². The minimum Gasteiger partial charge on any atom is -0.381 e. The number of nitrogens with zero attached hydrogens (tertiary/aromatic N) is 1. The summed E-state index contributed by atoms with van der Waals surface area (Å²) in [6.07, 6.45) is 10.6. The van der Waals surface area contributed by atoms with Crippen LogP contribution in [-0.2, 0) is 11.2 Å². The second-order valence-corrected chi connectivity index (χ2v) is 11.0. The highest BCUT2D eigenvalue weighted by Crippen LogP contribution is 2.41. The van der Waals surface area contributed by atoms with Crippen molar-refractivity contribution in [1.29, 1.82) is 0 Å². The Balaban J connectivity index is 1.41. The fourth-order valence-corrected chi connectivity index (χ4v) is 6.60. The van der Waals surface area contributed by atoms with Crippen molar-refractivity contribution in [2.24, 2.45) is 5.92 Å². The molecule has 0 radical (unpaired) electrons. The van der Waals surface area contributed by atoms with Gasteiger partial charge in [-0.3, -0.25) is 4.90 Å². The molecular weight excluding hydrogens is 413 g/mol. The summed E-state index contributed by atoms with van der Waals surface area (Å²) in [5.41, 5.74) is 5.98. The second-order valence-electron chi connectivity index (χ2n) is 9.15. The summed E-state index contributed by atoms with van der Waals surface area (Å²) >= 11 is 2.35. The van der Waals surface area contributed by atoms with E-state index in [1.54, 1.807) is 11.1 Å². The molecule has 3 atom stereocenters. The van der Waals surface area contributed by atoms with Crippen LogP contribution in [0.4, 0.5) is 3.89 Å². The van der Waals surface area contributed by atoms with Gasteiger partial charge in [0.2, 0.25) is 0 Å². The summed E-state index contributed by atoms with van der Waals surface area (Å²) in [4.78, 5) is 2.74. The van der Waals surface area contributed by atoms with E-state index in [4.69, 9.17) is 4.74 Å². The number of aryl methyl sites for hydroxylation is 2. The third-order valence-electron chi connectivity index (χ3n) is 7.15. The summed E-state index contributed by atoms with van der Waals surface area (Å²) in [7, 11) is 1.91. The Morgan fingerprint density at radius 2 is 1.80 bits per heavy atom. The maximum atomic E-state index is 12.0. The maximum Gasteiger partial charge on any atom is 0.0629 e. The fourth-order valence-electron chi connectivity index (χ4n) is 5.27. The molecule has 1 fully saturated rings. The molecule has 1 aromatic carbocycles. The Morgan fingerprint density at radius 1 is 1.03 bits per heavy atom. The van der Waals surface area contributed by atoms with Crippen molar-refractivity contribution in [2.75, 3.05) is 37.5 Å². The van der Waals surface area contributed by atoms with Crippen LogP contribution in [0, 0.1) is 19.8 Å². The fraction of sp³-hybridized carbons (Fsp3) is 0.760. The van der Waals surface area contributed by atoms with Gasteiger partial charge in [0.25, 0.3) is 0 Å². The molecule has 2 aliphatic heterocycles. The highest BCUT2D eigenvalue weighted by molar-refractivity contribution is 8.01. The van der Waals surface area contributed by atoms with Crippen LogP contribution in [0.15, 0.2) is 12.1 Å². The Bertz CT molecular complexity index is 656. The van der Waals surface area contributed by atoms with Crippen molar-refractivity contribution >= 4 is 23.9 Å². The average Bonchev–Trinajstić information content (AvgIpc) is 2.75. The van der Waals surface area contributed by atoms with Gasteiger partial charge < -0.3 is 4.74 Å². The van der Waals surface area contributed by atoms with E-state index < -0.39 is 0 Å². The smallest absolute Gasteiger partial charge is 0.0629 e. The molecule has 0 amide bonds. The van der Waals surface area contributed by atoms with E-state index in [0.717, 1.165) is 12.2 Å². The molecule has 2 nitrogen and oxygen atoms in total. The van der Waals surface area contributed by atoms with Gasteiger partial charge in [0.1, 0.15) is 0 Å². The first-order valence-corrected chi connectivity index (χ1v) is 13.9. The van der Waals surface area contributed by atoms with Crippen LogP contribution in [0.1, 0.15) is 73.2 Å². The van der Waals surface area contributed by atoms with Crippen molar-refractivity contribution in [3.05, 3.63) is 34.4 Å². The number of benzene rings is 1. The maximum absolute atomic E-state index is 12.0. The van der Waals surface area contributed by atoms with E-state index >= 15 is 0 Å². The summed E-state index contributed by atoms with van der Waals surface area (Å²) in [5, 5.41) is 0. The van der Waals surface area contributed by atoms with Crippen molar-refractivity contribution in [3.63, 3.8) is 0 Å². The van der Waals surface area contributed by atoms with E-state index in [1.165, 1.54) is 74.9 Å². The lowest BCUT2D eigenvalue weighted by Crippen LogP contribution is -2.48. The first kappa shape index (κ1) is 24.4. The Morgan fingerprint density at radius 3 is 2.60 bits per heavy atom. The minimum atomic E-state index is 0.392. The van der Waals surface area contributed by atoms with Crippen molar-refractivity contribution in [2.45, 2.75) is 77.4 Å². The van der Waals surface area contributed by atoms with Gasteiger partial charge in [0.05, 0.1) is 6.10 Å². The normalized spacial score (nSPS) is 23.9. The monoisotopic (exact) mass is 453 g/mol. The molecule has 30 heavy (non-hydrogen) atoms. The summed E-state index contributed by atoms with van der Waals surface area (Å²) < 4.78 is 18.0. The van der Waals surface area contributed by atoms with Crippen LogP contribution in [0.25, 0.3) is 0 Å². The molecule has 0 saturated carbocycles. The van der Waals surface area contributed by atoms with Crippen molar-refractivity contribution < 1.29 is 8.62 Å². The standard InChI is InChI=1S/C25H40FNOS2/c1-19-15-21-10-11-27-18-22(9-7-5-4-6-8-12-29-13-14-30-26)25(28-3)17-24(27)23(21)16-20(19)2/h15-16,22,24-25H,4-14,17-18H2,1-3H3/t22-,24-,25-/m1/s1. The predicted molar refractivity (Wildman–Crippen MR) is 131 cm³/mol. The van der Waals surface area contributed by atoms with Crippen LogP contribution in [0.2, 0.25) is 0 Å². The molecule has 0 bridgehead atoms. The number of hydrogen-bond acceptors (Lipinski definition) is 4. The molecule has 0 aromatic heterocycles. The van der Waals surface area contributed by atoms with Gasteiger partial charge in [-0.25, -0.2) is 0 Å². The number of hydrogen-bond donors (Lipinski definition) is 0. The van der Waals surface area contributed by atoms with E-state index in [-0.39, 0.29) is 0 Å². The molecule has 1 saturated heterocycles. The SMILES string of the molecule is CO[C@@H]1C[C@@H]2c3cc(C)c(C)cc3CCN2C[C@H]1CCCCCCCSCCSF. The summed E-state index contributed by atoms with van der Waals surface area (Å²) in [6.45, 7) is 6.88. The van der Waals surface area contributed by atoms with Crippen LogP contribution in [0.5, 0.6) is 0 Å². The van der Waals surface area contributed by atoms with Gasteiger partial charge in [0, 0.05) is 49.9 Å². The van der Waals surface area contributed by atoms with Crippen molar-refractivity contribution in [1.82, 2.24) is 4.90 Å². The van der Waals surface area contributed by atoms with Crippen LogP contribution < -0.4 is 0 Å². The summed E-state index contributed by atoms with van der Waals surface area (Å²) in [5.74, 6) is 3.44.